The fourth-order valence-corrected chi connectivity index (χ4v) is 2.72. The van der Waals surface area contributed by atoms with E-state index in [2.05, 4.69) is 5.32 Å². The predicted molar refractivity (Wildman–Crippen MR) is 85.2 cm³/mol. The van der Waals surface area contributed by atoms with Gasteiger partial charge >= 0.3 is 0 Å². The summed E-state index contributed by atoms with van der Waals surface area (Å²) in [5.41, 5.74) is 0.568. The minimum Gasteiger partial charge on any atom is -0.493 e. The average molecular weight is 311 g/mol. The lowest BCUT2D eigenvalue weighted by molar-refractivity contribution is 0.0703. The summed E-state index contributed by atoms with van der Waals surface area (Å²) < 4.78 is 5.68. The van der Waals surface area contributed by atoms with Crippen LogP contribution < -0.4 is 10.1 Å². The Morgan fingerprint density at radius 2 is 2.14 bits per heavy atom. The predicted octanol–water partition coefficient (Wildman–Crippen LogP) is 2.95. The number of hydrogen-bond acceptors (Lipinski definition) is 3. The van der Waals surface area contributed by atoms with E-state index < -0.39 is 0 Å². The Balaban J connectivity index is 2.12. The van der Waals surface area contributed by atoms with Crippen molar-refractivity contribution in [2.45, 2.75) is 32.2 Å². The minimum absolute atomic E-state index is 0.0122. The summed E-state index contributed by atoms with van der Waals surface area (Å²) >= 11 is 6.04. The first-order valence-electron chi connectivity index (χ1n) is 7.54. The zero-order valence-electron chi connectivity index (χ0n) is 12.7. The van der Waals surface area contributed by atoms with Crippen molar-refractivity contribution >= 4 is 17.5 Å². The summed E-state index contributed by atoms with van der Waals surface area (Å²) in [5, 5.41) is 3.83. The molecule has 0 radical (unpaired) electrons. The Morgan fingerprint density at radius 1 is 1.43 bits per heavy atom. The number of carbonyl (C=O) groups is 1. The van der Waals surface area contributed by atoms with Crippen LogP contribution in [-0.2, 0) is 0 Å². The molecule has 1 saturated heterocycles. The van der Waals surface area contributed by atoms with Crippen molar-refractivity contribution in [1.82, 2.24) is 10.2 Å². The second-order valence-electron chi connectivity index (χ2n) is 5.34. The van der Waals surface area contributed by atoms with E-state index in [0.717, 1.165) is 32.4 Å². The highest BCUT2D eigenvalue weighted by Gasteiger charge is 2.25. The van der Waals surface area contributed by atoms with Crippen molar-refractivity contribution < 1.29 is 9.53 Å². The summed E-state index contributed by atoms with van der Waals surface area (Å²) in [7, 11) is 1.97. The van der Waals surface area contributed by atoms with Gasteiger partial charge in [-0.2, -0.15) is 0 Å². The average Bonchev–Trinajstić information content (AvgIpc) is 2.53. The third-order valence-corrected chi connectivity index (χ3v) is 4.06. The molecule has 1 aliphatic heterocycles. The lowest BCUT2D eigenvalue weighted by Crippen LogP contribution is -2.44. The number of ether oxygens (including phenoxy) is 1. The van der Waals surface area contributed by atoms with Crippen LogP contribution in [0.15, 0.2) is 18.2 Å². The van der Waals surface area contributed by atoms with Crippen LogP contribution >= 0.6 is 11.6 Å². The Bertz CT molecular complexity index is 485. The maximum absolute atomic E-state index is 12.7. The maximum atomic E-state index is 12.7. The van der Waals surface area contributed by atoms with Gasteiger partial charge in [0.05, 0.1) is 12.2 Å². The number of likely N-dealkylation sites (tertiary alicyclic amines) is 1. The normalized spacial score (nSPS) is 16.0. The first-order chi connectivity index (χ1) is 10.2. The molecule has 1 N–H and O–H groups in total. The van der Waals surface area contributed by atoms with Crippen molar-refractivity contribution in [2.24, 2.45) is 0 Å². The lowest BCUT2D eigenvalue weighted by atomic mass is 10.0. The number of nitrogens with zero attached hydrogens (tertiary/aromatic N) is 1. The van der Waals surface area contributed by atoms with Gasteiger partial charge < -0.3 is 15.0 Å². The smallest absolute Gasteiger partial charge is 0.257 e. The number of rotatable bonds is 5. The number of piperidine rings is 1. The molecule has 5 heteroatoms. The van der Waals surface area contributed by atoms with Crippen molar-refractivity contribution in [3.8, 4) is 5.75 Å². The molecule has 0 aliphatic carbocycles. The van der Waals surface area contributed by atoms with E-state index in [1.165, 1.54) is 0 Å². The van der Waals surface area contributed by atoms with E-state index in [-0.39, 0.29) is 5.91 Å². The van der Waals surface area contributed by atoms with Crippen LogP contribution in [0, 0.1) is 0 Å². The quantitative estimate of drug-likeness (QED) is 0.909. The summed E-state index contributed by atoms with van der Waals surface area (Å²) in [6.07, 6.45) is 2.87. The largest absolute Gasteiger partial charge is 0.493 e. The van der Waals surface area contributed by atoms with Gasteiger partial charge in [0, 0.05) is 24.2 Å². The van der Waals surface area contributed by atoms with Crippen LogP contribution in [-0.4, -0.2) is 43.6 Å². The first kappa shape index (κ1) is 16.1. The van der Waals surface area contributed by atoms with E-state index in [0.29, 0.717) is 29.0 Å². The third kappa shape index (κ3) is 4.11. The lowest BCUT2D eigenvalue weighted by Gasteiger charge is -2.32. The second kappa shape index (κ2) is 7.66. The molecule has 4 nitrogen and oxygen atoms in total. The van der Waals surface area contributed by atoms with Crippen molar-refractivity contribution in [3.63, 3.8) is 0 Å². The van der Waals surface area contributed by atoms with E-state index in [9.17, 15) is 4.79 Å². The zero-order chi connectivity index (χ0) is 15.2. The van der Waals surface area contributed by atoms with Crippen LogP contribution in [0.1, 0.15) is 36.5 Å². The molecule has 0 bridgehead atoms. The Labute approximate surface area is 131 Å². The Kier molecular flexibility index (Phi) is 5.88. The molecule has 0 spiro atoms. The molecule has 0 saturated carbocycles. The number of benzene rings is 1. The van der Waals surface area contributed by atoms with E-state index in [4.69, 9.17) is 16.3 Å². The molecule has 1 heterocycles. The number of nitrogens with one attached hydrogen (secondary N) is 1. The molecule has 1 amide bonds. The van der Waals surface area contributed by atoms with Crippen molar-refractivity contribution in [3.05, 3.63) is 28.8 Å². The van der Waals surface area contributed by atoms with E-state index >= 15 is 0 Å². The van der Waals surface area contributed by atoms with Crippen LogP contribution in [0.25, 0.3) is 0 Å². The highest BCUT2D eigenvalue weighted by atomic mass is 35.5. The highest BCUT2D eigenvalue weighted by Crippen LogP contribution is 2.26. The van der Waals surface area contributed by atoms with Gasteiger partial charge in [-0.15, -0.1) is 0 Å². The Hall–Kier alpha value is -1.26. The molecule has 1 fully saturated rings. The fraction of sp³-hybridized carbons (Fsp3) is 0.562. The Morgan fingerprint density at radius 3 is 2.76 bits per heavy atom. The molecule has 2 rings (SSSR count). The fourth-order valence-electron chi connectivity index (χ4n) is 2.55. The topological polar surface area (TPSA) is 41.6 Å². The number of amides is 1. The standard InChI is InChI=1S/C16H23ClN2O2/c1-3-10-21-15-5-4-12(17)11-14(15)16(20)19-8-6-13(18-2)7-9-19/h4-5,11,13,18H,3,6-10H2,1-2H3. The van der Waals surface area contributed by atoms with Crippen LogP contribution in [0.2, 0.25) is 5.02 Å². The molecule has 0 aromatic heterocycles. The van der Waals surface area contributed by atoms with Gasteiger partial charge in [0.2, 0.25) is 0 Å². The summed E-state index contributed by atoms with van der Waals surface area (Å²) in [6.45, 7) is 4.18. The van der Waals surface area contributed by atoms with E-state index in [1.807, 2.05) is 18.9 Å². The number of halogens is 1. The molecular formula is C16H23ClN2O2. The number of carbonyl (C=O) groups excluding carboxylic acids is 1. The molecule has 116 valence electrons. The summed E-state index contributed by atoms with van der Waals surface area (Å²) in [6, 6.07) is 5.76. The number of hydrogen-bond donors (Lipinski definition) is 1. The van der Waals surface area contributed by atoms with E-state index in [1.54, 1.807) is 18.2 Å². The molecule has 1 aromatic rings. The third-order valence-electron chi connectivity index (χ3n) is 3.82. The van der Waals surface area contributed by atoms with Gasteiger partial charge in [-0.05, 0) is 44.5 Å². The van der Waals surface area contributed by atoms with Crippen molar-refractivity contribution in [2.75, 3.05) is 26.7 Å². The molecule has 1 aliphatic rings. The van der Waals surface area contributed by atoms with Crippen LogP contribution in [0.3, 0.4) is 0 Å². The molecular weight excluding hydrogens is 288 g/mol. The van der Waals surface area contributed by atoms with Gasteiger partial charge in [-0.1, -0.05) is 18.5 Å². The van der Waals surface area contributed by atoms with Gasteiger partial charge in [-0.25, -0.2) is 0 Å². The highest BCUT2D eigenvalue weighted by molar-refractivity contribution is 6.31. The molecule has 0 atom stereocenters. The minimum atomic E-state index is 0.0122. The summed E-state index contributed by atoms with van der Waals surface area (Å²) in [4.78, 5) is 14.6. The van der Waals surface area contributed by atoms with Crippen molar-refractivity contribution in [1.29, 1.82) is 0 Å². The maximum Gasteiger partial charge on any atom is 0.257 e. The molecule has 1 aromatic carbocycles. The summed E-state index contributed by atoms with van der Waals surface area (Å²) in [5.74, 6) is 0.639. The first-order valence-corrected chi connectivity index (χ1v) is 7.92. The molecule has 21 heavy (non-hydrogen) atoms. The molecule has 0 unspecified atom stereocenters. The van der Waals surface area contributed by atoms with Crippen LogP contribution in [0.5, 0.6) is 5.75 Å². The monoisotopic (exact) mass is 310 g/mol. The van der Waals surface area contributed by atoms with Crippen LogP contribution in [0.4, 0.5) is 0 Å². The van der Waals surface area contributed by atoms with Gasteiger partial charge in [-0.3, -0.25) is 4.79 Å². The second-order valence-corrected chi connectivity index (χ2v) is 5.78. The van der Waals surface area contributed by atoms with Gasteiger partial charge in [0.1, 0.15) is 5.75 Å². The van der Waals surface area contributed by atoms with Gasteiger partial charge in [0.25, 0.3) is 5.91 Å². The SMILES string of the molecule is CCCOc1ccc(Cl)cc1C(=O)N1CCC(NC)CC1. The zero-order valence-corrected chi connectivity index (χ0v) is 13.4. The van der Waals surface area contributed by atoms with Gasteiger partial charge in [0.15, 0.2) is 0 Å².